The topological polar surface area (TPSA) is 33.1 Å². The molecule has 1 N–H and O–H groups in total. The molecule has 14 heavy (non-hydrogen) atoms. The first kappa shape index (κ1) is 9.27. The third-order valence-electron chi connectivity index (χ3n) is 2.42. The molecule has 1 aromatic heterocycles. The summed E-state index contributed by atoms with van der Waals surface area (Å²) >= 11 is 0. The molecule has 2 heterocycles. The number of aromatic nitrogens is 2. The maximum atomic E-state index is 4.26. The van der Waals surface area contributed by atoms with Gasteiger partial charge in [0.2, 0.25) is 0 Å². The van der Waals surface area contributed by atoms with Crippen molar-refractivity contribution in [2.24, 2.45) is 0 Å². The highest BCUT2D eigenvalue weighted by Crippen LogP contribution is 2.12. The van der Waals surface area contributed by atoms with Crippen LogP contribution >= 0.6 is 0 Å². The fourth-order valence-electron chi connectivity index (χ4n) is 1.67. The van der Waals surface area contributed by atoms with Crippen LogP contribution in [0.25, 0.3) is 0 Å². The van der Waals surface area contributed by atoms with E-state index in [1.54, 1.807) is 0 Å². The van der Waals surface area contributed by atoms with Crippen LogP contribution in [0.4, 0.5) is 5.69 Å². The van der Waals surface area contributed by atoms with Crippen LogP contribution in [0, 0.1) is 0 Å². The van der Waals surface area contributed by atoms with Crippen molar-refractivity contribution in [1.82, 2.24) is 15.1 Å². The minimum Gasteiger partial charge on any atom is -0.366 e. The Labute approximate surface area is 84.2 Å². The van der Waals surface area contributed by atoms with Gasteiger partial charge in [0.15, 0.2) is 0 Å². The Balaban J connectivity index is 2.03. The second kappa shape index (κ2) is 4.28. The van der Waals surface area contributed by atoms with Gasteiger partial charge in [0, 0.05) is 32.4 Å². The van der Waals surface area contributed by atoms with Crippen molar-refractivity contribution in [2.45, 2.75) is 6.54 Å². The lowest BCUT2D eigenvalue weighted by atomic mass is 10.3. The van der Waals surface area contributed by atoms with Crippen LogP contribution in [0.15, 0.2) is 25.0 Å². The molecule has 4 heteroatoms. The number of hydrogen-bond acceptors (Lipinski definition) is 3. The van der Waals surface area contributed by atoms with Crippen molar-refractivity contribution >= 4 is 5.69 Å². The quantitative estimate of drug-likeness (QED) is 0.707. The van der Waals surface area contributed by atoms with E-state index in [9.17, 15) is 0 Å². The SMILES string of the molecule is C=CCn1cc(N2CCNCC2)cn1. The van der Waals surface area contributed by atoms with Crippen molar-refractivity contribution < 1.29 is 0 Å². The van der Waals surface area contributed by atoms with Gasteiger partial charge in [-0.1, -0.05) is 6.08 Å². The lowest BCUT2D eigenvalue weighted by molar-refractivity contribution is 0.589. The first-order valence-corrected chi connectivity index (χ1v) is 4.99. The summed E-state index contributed by atoms with van der Waals surface area (Å²) < 4.78 is 1.91. The Morgan fingerprint density at radius 3 is 3.00 bits per heavy atom. The van der Waals surface area contributed by atoms with Gasteiger partial charge in [0.25, 0.3) is 0 Å². The Morgan fingerprint density at radius 1 is 1.50 bits per heavy atom. The van der Waals surface area contributed by atoms with Gasteiger partial charge in [-0.2, -0.15) is 5.10 Å². The molecule has 0 atom stereocenters. The molecule has 0 spiro atoms. The number of piperazine rings is 1. The zero-order valence-electron chi connectivity index (χ0n) is 8.32. The Hall–Kier alpha value is -1.29. The van der Waals surface area contributed by atoms with Crippen LogP contribution in [-0.2, 0) is 6.54 Å². The predicted molar refractivity (Wildman–Crippen MR) is 57.5 cm³/mol. The van der Waals surface area contributed by atoms with Crippen molar-refractivity contribution in [1.29, 1.82) is 0 Å². The third kappa shape index (κ3) is 1.96. The van der Waals surface area contributed by atoms with E-state index in [1.807, 2.05) is 17.0 Å². The average Bonchev–Trinajstić information content (AvgIpc) is 2.68. The maximum Gasteiger partial charge on any atom is 0.0753 e. The second-order valence-corrected chi connectivity index (χ2v) is 3.45. The summed E-state index contributed by atoms with van der Waals surface area (Å²) in [4.78, 5) is 2.35. The lowest BCUT2D eigenvalue weighted by Crippen LogP contribution is -2.43. The van der Waals surface area contributed by atoms with Crippen LogP contribution in [0.2, 0.25) is 0 Å². The highest BCUT2D eigenvalue weighted by molar-refractivity contribution is 5.42. The number of rotatable bonds is 3. The van der Waals surface area contributed by atoms with Gasteiger partial charge in [0.1, 0.15) is 0 Å². The van der Waals surface area contributed by atoms with E-state index in [-0.39, 0.29) is 0 Å². The fourth-order valence-corrected chi connectivity index (χ4v) is 1.67. The number of nitrogens with one attached hydrogen (secondary N) is 1. The molecule has 0 unspecified atom stereocenters. The van der Waals surface area contributed by atoms with Gasteiger partial charge in [-0.25, -0.2) is 0 Å². The van der Waals surface area contributed by atoms with Crippen molar-refractivity contribution in [3.8, 4) is 0 Å². The molecular formula is C10H16N4. The lowest BCUT2D eigenvalue weighted by Gasteiger charge is -2.27. The molecule has 4 nitrogen and oxygen atoms in total. The van der Waals surface area contributed by atoms with E-state index in [4.69, 9.17) is 0 Å². The Bertz CT molecular complexity index is 299. The normalized spacial score (nSPS) is 17.0. The van der Waals surface area contributed by atoms with E-state index in [0.717, 1.165) is 32.7 Å². The molecule has 1 saturated heterocycles. The number of nitrogens with zero attached hydrogens (tertiary/aromatic N) is 3. The predicted octanol–water partition coefficient (Wildman–Crippen LogP) is 0.479. The number of allylic oxidation sites excluding steroid dienone is 1. The molecule has 0 amide bonds. The molecular weight excluding hydrogens is 176 g/mol. The van der Waals surface area contributed by atoms with E-state index < -0.39 is 0 Å². The summed E-state index contributed by atoms with van der Waals surface area (Å²) in [5.41, 5.74) is 1.22. The molecule has 0 saturated carbocycles. The summed E-state index contributed by atoms with van der Waals surface area (Å²) in [5, 5.41) is 7.60. The fraction of sp³-hybridized carbons (Fsp3) is 0.500. The summed E-state index contributed by atoms with van der Waals surface area (Å²) in [7, 11) is 0. The van der Waals surface area contributed by atoms with Crippen LogP contribution in [0.5, 0.6) is 0 Å². The molecule has 0 radical (unpaired) electrons. The Kier molecular flexibility index (Phi) is 2.84. The molecule has 1 fully saturated rings. The smallest absolute Gasteiger partial charge is 0.0753 e. The van der Waals surface area contributed by atoms with Gasteiger partial charge in [0.05, 0.1) is 18.4 Å². The molecule has 0 bridgehead atoms. The van der Waals surface area contributed by atoms with E-state index in [2.05, 4.69) is 28.1 Å². The van der Waals surface area contributed by atoms with E-state index in [1.165, 1.54) is 5.69 Å². The first-order valence-electron chi connectivity index (χ1n) is 4.99. The first-order chi connectivity index (χ1) is 6.90. The third-order valence-corrected chi connectivity index (χ3v) is 2.42. The highest BCUT2D eigenvalue weighted by atomic mass is 15.3. The molecule has 0 aliphatic carbocycles. The minimum atomic E-state index is 0.784. The summed E-state index contributed by atoms with van der Waals surface area (Å²) in [6.07, 6.45) is 5.86. The second-order valence-electron chi connectivity index (χ2n) is 3.45. The van der Waals surface area contributed by atoms with Gasteiger partial charge in [-0.05, 0) is 0 Å². The molecule has 1 aliphatic rings. The highest BCUT2D eigenvalue weighted by Gasteiger charge is 2.11. The molecule has 0 aromatic carbocycles. The Morgan fingerprint density at radius 2 is 2.29 bits per heavy atom. The van der Waals surface area contributed by atoms with Crippen LogP contribution in [0.1, 0.15) is 0 Å². The van der Waals surface area contributed by atoms with Crippen LogP contribution < -0.4 is 10.2 Å². The van der Waals surface area contributed by atoms with Gasteiger partial charge in [-0.3, -0.25) is 4.68 Å². The number of hydrogen-bond donors (Lipinski definition) is 1. The summed E-state index contributed by atoms with van der Waals surface area (Å²) in [6, 6.07) is 0. The van der Waals surface area contributed by atoms with Crippen LogP contribution in [-0.4, -0.2) is 36.0 Å². The van der Waals surface area contributed by atoms with Gasteiger partial charge in [-0.15, -0.1) is 6.58 Å². The molecule has 1 aromatic rings. The molecule has 2 rings (SSSR count). The molecule has 76 valence electrons. The summed E-state index contributed by atoms with van der Waals surface area (Å²) in [5.74, 6) is 0. The van der Waals surface area contributed by atoms with Crippen molar-refractivity contribution in [3.63, 3.8) is 0 Å². The van der Waals surface area contributed by atoms with Crippen molar-refractivity contribution in [3.05, 3.63) is 25.0 Å². The minimum absolute atomic E-state index is 0.784. The zero-order valence-corrected chi connectivity index (χ0v) is 8.32. The van der Waals surface area contributed by atoms with Gasteiger partial charge < -0.3 is 10.2 Å². The average molecular weight is 192 g/mol. The van der Waals surface area contributed by atoms with Crippen molar-refractivity contribution in [2.75, 3.05) is 31.1 Å². The summed E-state index contributed by atoms with van der Waals surface area (Å²) in [6.45, 7) is 8.74. The van der Waals surface area contributed by atoms with E-state index >= 15 is 0 Å². The van der Waals surface area contributed by atoms with Gasteiger partial charge >= 0.3 is 0 Å². The number of anilines is 1. The monoisotopic (exact) mass is 192 g/mol. The standard InChI is InChI=1S/C10H16N4/c1-2-5-14-9-10(8-12-14)13-6-3-11-4-7-13/h2,8-9,11H,1,3-7H2. The zero-order chi connectivity index (χ0) is 9.80. The maximum absolute atomic E-state index is 4.26. The largest absolute Gasteiger partial charge is 0.366 e. The van der Waals surface area contributed by atoms with Crippen LogP contribution in [0.3, 0.4) is 0 Å². The van der Waals surface area contributed by atoms with E-state index in [0.29, 0.717) is 0 Å². The molecule has 1 aliphatic heterocycles.